The fraction of sp³-hybridized carbons (Fsp3) is 0.300. The van der Waals surface area contributed by atoms with Crippen LogP contribution in [0.1, 0.15) is 57.8 Å². The van der Waals surface area contributed by atoms with E-state index >= 15 is 0 Å². The molecule has 37 heavy (non-hydrogen) atoms. The maximum atomic E-state index is 10.5. The molecular weight excluding hydrogens is 647 g/mol. The SMILES string of the molecule is CC(C)(C)CC(C)(C)CC(=O)O.N.O=C(O)c1ccccc1.[Pt].c1ccc2c(c1)cnc1ccccc12. The van der Waals surface area contributed by atoms with Crippen molar-refractivity contribution >= 4 is 33.6 Å². The van der Waals surface area contributed by atoms with E-state index in [0.29, 0.717) is 5.56 Å². The number of hydrogen-bond donors (Lipinski definition) is 3. The molecule has 7 heteroatoms. The molecule has 0 bridgehead atoms. The maximum absolute atomic E-state index is 10.5. The van der Waals surface area contributed by atoms with E-state index in [1.54, 1.807) is 30.3 Å². The van der Waals surface area contributed by atoms with Gasteiger partial charge in [-0.1, -0.05) is 95.3 Å². The van der Waals surface area contributed by atoms with E-state index in [1.165, 1.54) is 16.2 Å². The summed E-state index contributed by atoms with van der Waals surface area (Å²) < 4.78 is 0. The van der Waals surface area contributed by atoms with Crippen molar-refractivity contribution in [2.24, 2.45) is 10.8 Å². The number of hydrogen-bond acceptors (Lipinski definition) is 4. The number of para-hydroxylation sites is 1. The third-order valence-electron chi connectivity index (χ3n) is 5.16. The molecule has 3 aromatic carbocycles. The summed E-state index contributed by atoms with van der Waals surface area (Å²) in [5, 5.41) is 20.7. The monoisotopic (exact) mass is 685 g/mol. The summed E-state index contributed by atoms with van der Waals surface area (Å²) in [6.07, 6.45) is 3.12. The summed E-state index contributed by atoms with van der Waals surface area (Å²) in [5.41, 5.74) is 1.51. The van der Waals surface area contributed by atoms with Crippen LogP contribution in [0.3, 0.4) is 0 Å². The molecule has 4 aromatic rings. The Kier molecular flexibility index (Phi) is 14.0. The molecule has 6 nitrogen and oxygen atoms in total. The Balaban J connectivity index is 0.000000525. The van der Waals surface area contributed by atoms with Crippen LogP contribution < -0.4 is 6.15 Å². The number of benzene rings is 3. The molecule has 0 amide bonds. The molecule has 4 rings (SSSR count). The number of carboxylic acid groups (broad SMARTS) is 2. The number of nitrogens with zero attached hydrogens (tertiary/aromatic N) is 1. The van der Waals surface area contributed by atoms with Gasteiger partial charge in [0.2, 0.25) is 0 Å². The van der Waals surface area contributed by atoms with Gasteiger partial charge in [-0.05, 0) is 40.8 Å². The summed E-state index contributed by atoms with van der Waals surface area (Å²) in [6.45, 7) is 10.4. The van der Waals surface area contributed by atoms with Gasteiger partial charge in [-0.25, -0.2) is 4.79 Å². The first-order chi connectivity index (χ1) is 16.4. The van der Waals surface area contributed by atoms with Crippen molar-refractivity contribution in [2.75, 3.05) is 0 Å². The average molecular weight is 686 g/mol. The minimum Gasteiger partial charge on any atom is -0.481 e. The molecule has 0 spiro atoms. The summed E-state index contributed by atoms with van der Waals surface area (Å²) in [4.78, 5) is 25.1. The number of carboxylic acids is 2. The fourth-order valence-corrected chi connectivity index (χ4v) is 4.30. The minimum atomic E-state index is -0.879. The molecular formula is C30H38N2O4Pt. The molecule has 0 atom stereocenters. The first-order valence-corrected chi connectivity index (χ1v) is 11.6. The zero-order valence-electron chi connectivity index (χ0n) is 22.2. The quantitative estimate of drug-likeness (QED) is 0.188. The third kappa shape index (κ3) is 12.1. The molecule has 0 saturated carbocycles. The van der Waals surface area contributed by atoms with Crippen molar-refractivity contribution in [2.45, 2.75) is 47.5 Å². The van der Waals surface area contributed by atoms with Crippen LogP contribution >= 0.6 is 0 Å². The van der Waals surface area contributed by atoms with Crippen molar-refractivity contribution in [1.82, 2.24) is 11.1 Å². The first kappa shape index (κ1) is 33.9. The Hall–Kier alpha value is -3.08. The minimum absolute atomic E-state index is 0. The summed E-state index contributed by atoms with van der Waals surface area (Å²) in [7, 11) is 0. The molecule has 0 aliphatic carbocycles. The van der Waals surface area contributed by atoms with Gasteiger partial charge < -0.3 is 16.4 Å². The molecule has 0 radical (unpaired) electrons. The van der Waals surface area contributed by atoms with E-state index in [-0.39, 0.29) is 44.5 Å². The van der Waals surface area contributed by atoms with Gasteiger partial charge in [0.05, 0.1) is 17.5 Å². The van der Waals surface area contributed by atoms with E-state index < -0.39 is 11.9 Å². The van der Waals surface area contributed by atoms with Crippen LogP contribution in [-0.4, -0.2) is 27.1 Å². The standard InChI is InChI=1S/C13H9N.C10H20O2.C7H6O2.H3N.Pt/c1-2-6-11-10(5-1)9-14-13-8-4-3-7-12(11)13;1-9(2,3)7-10(4,5)6-8(11)12;8-7(9)6-4-2-1-3-5-6;;/h1-9H;6-7H2,1-5H3,(H,11,12);1-5H,(H,8,9);1H3;. The van der Waals surface area contributed by atoms with Gasteiger partial charge in [-0.3, -0.25) is 9.78 Å². The Morgan fingerprint density at radius 2 is 1.27 bits per heavy atom. The van der Waals surface area contributed by atoms with E-state index in [1.807, 2.05) is 38.2 Å². The van der Waals surface area contributed by atoms with Gasteiger partial charge in [-0.15, -0.1) is 0 Å². The Morgan fingerprint density at radius 3 is 1.78 bits per heavy atom. The van der Waals surface area contributed by atoms with Crippen molar-refractivity contribution in [3.63, 3.8) is 0 Å². The zero-order valence-corrected chi connectivity index (χ0v) is 24.5. The van der Waals surface area contributed by atoms with E-state index in [0.717, 1.165) is 11.9 Å². The molecule has 0 saturated heterocycles. The van der Waals surface area contributed by atoms with Crippen LogP contribution in [0.25, 0.3) is 21.7 Å². The summed E-state index contributed by atoms with van der Waals surface area (Å²) in [5.74, 6) is -1.58. The van der Waals surface area contributed by atoms with Gasteiger partial charge in [0.1, 0.15) is 0 Å². The molecule has 1 aromatic heterocycles. The largest absolute Gasteiger partial charge is 0.481 e. The number of aromatic carboxylic acids is 1. The molecule has 0 unspecified atom stereocenters. The number of aromatic nitrogens is 1. The van der Waals surface area contributed by atoms with Crippen LogP contribution in [-0.2, 0) is 25.9 Å². The second-order valence-corrected chi connectivity index (χ2v) is 10.5. The van der Waals surface area contributed by atoms with Gasteiger partial charge in [0, 0.05) is 38.0 Å². The van der Waals surface area contributed by atoms with Crippen LogP contribution in [0.2, 0.25) is 0 Å². The number of pyridine rings is 1. The van der Waals surface area contributed by atoms with Gasteiger partial charge in [0.25, 0.3) is 0 Å². The number of rotatable bonds is 4. The molecule has 202 valence electrons. The van der Waals surface area contributed by atoms with Crippen molar-refractivity contribution in [3.8, 4) is 0 Å². The van der Waals surface area contributed by atoms with E-state index in [2.05, 4.69) is 56.1 Å². The Bertz CT molecular complexity index is 1210. The second kappa shape index (κ2) is 15.2. The average Bonchev–Trinajstić information content (AvgIpc) is 2.78. The van der Waals surface area contributed by atoms with E-state index in [9.17, 15) is 9.59 Å². The normalized spacial score (nSPS) is 10.5. The van der Waals surface area contributed by atoms with Crippen molar-refractivity contribution < 1.29 is 40.9 Å². The second-order valence-electron chi connectivity index (χ2n) is 10.5. The summed E-state index contributed by atoms with van der Waals surface area (Å²) in [6, 6.07) is 24.9. The molecule has 0 aliphatic rings. The number of carbonyl (C=O) groups is 2. The van der Waals surface area contributed by atoms with Crippen molar-refractivity contribution in [1.29, 1.82) is 0 Å². The van der Waals surface area contributed by atoms with E-state index in [4.69, 9.17) is 10.2 Å². The predicted molar refractivity (Wildman–Crippen MR) is 148 cm³/mol. The molecule has 5 N–H and O–H groups in total. The molecule has 0 aliphatic heterocycles. The number of fused-ring (bicyclic) bond motifs is 3. The predicted octanol–water partition coefficient (Wildman–Crippen LogP) is 7.86. The molecule has 1 heterocycles. The molecule has 0 fully saturated rings. The van der Waals surface area contributed by atoms with Crippen LogP contribution in [0.15, 0.2) is 85.1 Å². The first-order valence-electron chi connectivity index (χ1n) is 11.6. The third-order valence-corrected chi connectivity index (χ3v) is 5.16. The van der Waals surface area contributed by atoms with Crippen molar-refractivity contribution in [3.05, 3.63) is 90.6 Å². The Labute approximate surface area is 234 Å². The zero-order chi connectivity index (χ0) is 26.1. The maximum Gasteiger partial charge on any atom is 0.335 e. The topological polar surface area (TPSA) is 122 Å². The van der Waals surface area contributed by atoms with Crippen LogP contribution in [0, 0.1) is 10.8 Å². The van der Waals surface area contributed by atoms with Gasteiger partial charge in [0.15, 0.2) is 0 Å². The summed E-state index contributed by atoms with van der Waals surface area (Å²) >= 11 is 0. The fourth-order valence-electron chi connectivity index (χ4n) is 4.30. The van der Waals surface area contributed by atoms with Gasteiger partial charge >= 0.3 is 11.9 Å². The van der Waals surface area contributed by atoms with Crippen LogP contribution in [0.4, 0.5) is 0 Å². The number of aliphatic carboxylic acids is 1. The van der Waals surface area contributed by atoms with Crippen LogP contribution in [0.5, 0.6) is 0 Å². The van der Waals surface area contributed by atoms with Gasteiger partial charge in [-0.2, -0.15) is 0 Å². The smallest absolute Gasteiger partial charge is 0.335 e. The Morgan fingerprint density at radius 1 is 0.757 bits per heavy atom.